The second-order valence-electron chi connectivity index (χ2n) is 5.50. The van der Waals surface area contributed by atoms with E-state index in [1.165, 1.54) is 25.3 Å². The van der Waals surface area contributed by atoms with Gasteiger partial charge in [0.25, 0.3) is 0 Å². The summed E-state index contributed by atoms with van der Waals surface area (Å²) >= 11 is 6.08. The van der Waals surface area contributed by atoms with Crippen molar-refractivity contribution in [2.45, 2.75) is 31.7 Å². The normalized spacial score (nSPS) is 33.0. The lowest BCUT2D eigenvalue weighted by Crippen LogP contribution is -2.27. The van der Waals surface area contributed by atoms with E-state index in [1.54, 1.807) is 12.1 Å². The van der Waals surface area contributed by atoms with Crippen LogP contribution in [-0.4, -0.2) is 0 Å². The first-order chi connectivity index (χ1) is 8.16. The van der Waals surface area contributed by atoms with Crippen molar-refractivity contribution in [2.24, 2.45) is 23.5 Å². The minimum Gasteiger partial charge on any atom is -0.324 e. The number of fused-ring (bicyclic) bond motifs is 2. The molecule has 0 saturated heterocycles. The largest absolute Gasteiger partial charge is 0.324 e. The maximum Gasteiger partial charge on any atom is 0.129 e. The Kier molecular flexibility index (Phi) is 2.87. The van der Waals surface area contributed by atoms with Crippen molar-refractivity contribution in [3.63, 3.8) is 0 Å². The molecule has 4 unspecified atom stereocenters. The fraction of sp³-hybridized carbons (Fsp3) is 0.571. The summed E-state index contributed by atoms with van der Waals surface area (Å²) in [6, 6.07) is 4.58. The standard InChI is InChI=1S/C14H17ClFN/c15-11-2-1-3-12(16)13(11)14(17)10-7-8-4-5-9(10)6-8/h1-3,8-10,14H,4-7,17H2. The maximum absolute atomic E-state index is 13.8. The van der Waals surface area contributed by atoms with E-state index in [4.69, 9.17) is 17.3 Å². The molecule has 0 spiro atoms. The van der Waals surface area contributed by atoms with E-state index in [0.29, 0.717) is 22.4 Å². The van der Waals surface area contributed by atoms with Crippen LogP contribution in [0.25, 0.3) is 0 Å². The van der Waals surface area contributed by atoms with Crippen molar-refractivity contribution >= 4 is 11.6 Å². The summed E-state index contributed by atoms with van der Waals surface area (Å²) < 4.78 is 13.8. The highest BCUT2D eigenvalue weighted by molar-refractivity contribution is 6.31. The maximum atomic E-state index is 13.8. The van der Waals surface area contributed by atoms with Crippen LogP contribution < -0.4 is 5.73 Å². The summed E-state index contributed by atoms with van der Waals surface area (Å²) in [6.45, 7) is 0. The number of hydrogen-bond acceptors (Lipinski definition) is 1. The molecule has 3 rings (SSSR count). The average Bonchev–Trinajstić information content (AvgIpc) is 2.90. The minimum atomic E-state index is -0.257. The Labute approximate surface area is 106 Å². The number of benzene rings is 1. The molecule has 2 aliphatic carbocycles. The van der Waals surface area contributed by atoms with Crippen LogP contribution in [0.4, 0.5) is 4.39 Å². The molecule has 92 valence electrons. The number of hydrogen-bond donors (Lipinski definition) is 1. The first-order valence-corrected chi connectivity index (χ1v) is 6.74. The summed E-state index contributed by atoms with van der Waals surface area (Å²) in [6.07, 6.45) is 5.02. The molecule has 17 heavy (non-hydrogen) atoms. The second kappa shape index (κ2) is 4.25. The van der Waals surface area contributed by atoms with Gasteiger partial charge in [0.2, 0.25) is 0 Å². The minimum absolute atomic E-state index is 0.237. The highest BCUT2D eigenvalue weighted by Gasteiger charge is 2.43. The molecule has 0 radical (unpaired) electrons. The highest BCUT2D eigenvalue weighted by atomic mass is 35.5. The van der Waals surface area contributed by atoms with Crippen LogP contribution in [0.5, 0.6) is 0 Å². The Bertz CT molecular complexity index is 414. The van der Waals surface area contributed by atoms with Crippen LogP contribution >= 0.6 is 11.6 Å². The lowest BCUT2D eigenvalue weighted by molar-refractivity contribution is 0.280. The van der Waals surface area contributed by atoms with Gasteiger partial charge in [-0.3, -0.25) is 0 Å². The molecule has 2 aliphatic rings. The molecular formula is C14H17ClFN. The smallest absolute Gasteiger partial charge is 0.129 e. The third-order valence-corrected chi connectivity index (χ3v) is 4.92. The van der Waals surface area contributed by atoms with E-state index in [9.17, 15) is 4.39 Å². The molecule has 2 fully saturated rings. The summed E-state index contributed by atoms with van der Waals surface area (Å²) in [5, 5.41) is 0.472. The van der Waals surface area contributed by atoms with E-state index in [2.05, 4.69) is 0 Å². The van der Waals surface area contributed by atoms with E-state index >= 15 is 0 Å². The summed E-state index contributed by atoms with van der Waals surface area (Å²) in [5.41, 5.74) is 6.78. The molecule has 1 aromatic carbocycles. The number of nitrogens with two attached hydrogens (primary N) is 1. The Hall–Kier alpha value is -0.600. The van der Waals surface area contributed by atoms with Crippen molar-refractivity contribution in [1.29, 1.82) is 0 Å². The van der Waals surface area contributed by atoms with Gasteiger partial charge in [0.05, 0.1) is 0 Å². The summed E-state index contributed by atoms with van der Waals surface area (Å²) in [5.74, 6) is 1.67. The Morgan fingerprint density at radius 2 is 2.12 bits per heavy atom. The molecule has 0 heterocycles. The fourth-order valence-corrected chi connectivity index (χ4v) is 4.07. The van der Waals surface area contributed by atoms with Gasteiger partial charge in [-0.05, 0) is 49.1 Å². The van der Waals surface area contributed by atoms with E-state index in [0.717, 1.165) is 12.3 Å². The second-order valence-corrected chi connectivity index (χ2v) is 5.91. The molecule has 0 aliphatic heterocycles. The Morgan fingerprint density at radius 3 is 2.71 bits per heavy atom. The van der Waals surface area contributed by atoms with Crippen LogP contribution in [0.3, 0.4) is 0 Å². The SMILES string of the molecule is NC(c1c(F)cccc1Cl)C1CC2CCC1C2. The topological polar surface area (TPSA) is 26.0 Å². The van der Waals surface area contributed by atoms with Crippen molar-refractivity contribution in [3.8, 4) is 0 Å². The Morgan fingerprint density at radius 1 is 1.29 bits per heavy atom. The van der Waals surface area contributed by atoms with Gasteiger partial charge in [-0.1, -0.05) is 24.1 Å². The third-order valence-electron chi connectivity index (χ3n) is 4.59. The van der Waals surface area contributed by atoms with E-state index in [-0.39, 0.29) is 11.9 Å². The molecule has 2 bridgehead atoms. The third kappa shape index (κ3) is 1.88. The van der Waals surface area contributed by atoms with Crippen LogP contribution in [0.2, 0.25) is 5.02 Å². The van der Waals surface area contributed by atoms with Gasteiger partial charge in [-0.2, -0.15) is 0 Å². The average molecular weight is 254 g/mol. The molecule has 3 heteroatoms. The monoisotopic (exact) mass is 253 g/mol. The van der Waals surface area contributed by atoms with Gasteiger partial charge in [0, 0.05) is 16.6 Å². The highest BCUT2D eigenvalue weighted by Crippen LogP contribution is 2.52. The fourth-order valence-electron chi connectivity index (χ4n) is 3.78. The van der Waals surface area contributed by atoms with Gasteiger partial charge >= 0.3 is 0 Å². The first-order valence-electron chi connectivity index (χ1n) is 6.36. The zero-order valence-electron chi connectivity index (χ0n) is 9.70. The van der Waals surface area contributed by atoms with Crippen LogP contribution in [0.1, 0.15) is 37.3 Å². The molecule has 2 N–H and O–H groups in total. The van der Waals surface area contributed by atoms with Crippen LogP contribution in [0.15, 0.2) is 18.2 Å². The Balaban J connectivity index is 1.89. The van der Waals surface area contributed by atoms with Gasteiger partial charge in [-0.15, -0.1) is 0 Å². The van der Waals surface area contributed by atoms with E-state index < -0.39 is 0 Å². The van der Waals surface area contributed by atoms with Crippen molar-refractivity contribution < 1.29 is 4.39 Å². The van der Waals surface area contributed by atoms with Crippen molar-refractivity contribution in [2.75, 3.05) is 0 Å². The van der Waals surface area contributed by atoms with Crippen molar-refractivity contribution in [1.82, 2.24) is 0 Å². The molecular weight excluding hydrogens is 237 g/mol. The predicted octanol–water partition coefficient (Wildman–Crippen LogP) is 3.92. The van der Waals surface area contributed by atoms with Crippen LogP contribution in [0, 0.1) is 23.6 Å². The zero-order valence-corrected chi connectivity index (χ0v) is 10.5. The summed E-state index contributed by atoms with van der Waals surface area (Å²) in [4.78, 5) is 0. The summed E-state index contributed by atoms with van der Waals surface area (Å²) in [7, 11) is 0. The quantitative estimate of drug-likeness (QED) is 0.850. The van der Waals surface area contributed by atoms with Gasteiger partial charge < -0.3 is 5.73 Å². The molecule has 0 amide bonds. The van der Waals surface area contributed by atoms with Gasteiger partial charge in [0.15, 0.2) is 0 Å². The molecule has 1 aromatic rings. The molecule has 0 aromatic heterocycles. The lowest BCUT2D eigenvalue weighted by atomic mass is 9.81. The van der Waals surface area contributed by atoms with Crippen molar-refractivity contribution in [3.05, 3.63) is 34.6 Å². The molecule has 4 atom stereocenters. The first kappa shape index (κ1) is 11.5. The van der Waals surface area contributed by atoms with Gasteiger partial charge in [0.1, 0.15) is 5.82 Å². The molecule has 2 saturated carbocycles. The van der Waals surface area contributed by atoms with Gasteiger partial charge in [-0.25, -0.2) is 4.39 Å². The van der Waals surface area contributed by atoms with E-state index in [1.807, 2.05) is 0 Å². The zero-order chi connectivity index (χ0) is 12.0. The van der Waals surface area contributed by atoms with Crippen LogP contribution in [-0.2, 0) is 0 Å². The number of rotatable bonds is 2. The predicted molar refractivity (Wildman–Crippen MR) is 67.3 cm³/mol. The lowest BCUT2D eigenvalue weighted by Gasteiger charge is -2.28. The molecule has 1 nitrogen and oxygen atoms in total. The number of halogens is 2.